The highest BCUT2D eigenvalue weighted by Gasteiger charge is 2.21. The van der Waals surface area contributed by atoms with Crippen LogP contribution in [0, 0.1) is 5.82 Å². The van der Waals surface area contributed by atoms with E-state index in [4.69, 9.17) is 17.1 Å². The average molecular weight is 260 g/mol. The van der Waals surface area contributed by atoms with Crippen LogP contribution in [0.15, 0.2) is 23.3 Å². The molecule has 0 radical (unpaired) electrons. The lowest BCUT2D eigenvalue weighted by atomic mass is 10.0. The van der Waals surface area contributed by atoms with E-state index in [0.29, 0.717) is 0 Å². The smallest absolute Gasteiger partial charge is 0.142 e. The summed E-state index contributed by atoms with van der Waals surface area (Å²) in [5, 5.41) is 22.4. The van der Waals surface area contributed by atoms with E-state index < -0.39 is 18.0 Å². The monoisotopic (exact) mass is 259 g/mol. The van der Waals surface area contributed by atoms with Gasteiger partial charge in [0.1, 0.15) is 11.9 Å². The Morgan fingerprint density at radius 3 is 2.82 bits per heavy atom. The number of rotatable bonds is 5. The molecule has 0 heterocycles. The van der Waals surface area contributed by atoms with Gasteiger partial charge >= 0.3 is 0 Å². The van der Waals surface area contributed by atoms with Gasteiger partial charge in [0, 0.05) is 17.0 Å². The number of azide groups is 1. The maximum atomic E-state index is 13.1. The zero-order valence-electron chi connectivity index (χ0n) is 8.79. The number of aliphatic hydroxyl groups is 2. The van der Waals surface area contributed by atoms with Gasteiger partial charge in [-0.05, 0) is 18.0 Å². The van der Waals surface area contributed by atoms with E-state index in [0.717, 1.165) is 6.07 Å². The molecule has 1 rings (SSSR count). The SMILES string of the molecule is [N-]=[N+]=NCCC(O)C(O)c1cccc(F)c1Cl. The second-order valence-corrected chi connectivity index (χ2v) is 3.78. The summed E-state index contributed by atoms with van der Waals surface area (Å²) in [6.07, 6.45) is -2.41. The number of benzene rings is 1. The van der Waals surface area contributed by atoms with Gasteiger partial charge in [0.15, 0.2) is 0 Å². The van der Waals surface area contributed by atoms with E-state index in [1.165, 1.54) is 12.1 Å². The van der Waals surface area contributed by atoms with Crippen molar-refractivity contribution in [1.29, 1.82) is 0 Å². The molecule has 7 heteroatoms. The Labute approximate surface area is 102 Å². The first-order chi connectivity index (χ1) is 8.07. The molecule has 0 aliphatic carbocycles. The number of hydrogen-bond donors (Lipinski definition) is 2. The van der Waals surface area contributed by atoms with E-state index in [9.17, 15) is 14.6 Å². The maximum absolute atomic E-state index is 13.1. The van der Waals surface area contributed by atoms with Crippen LogP contribution in [0.5, 0.6) is 0 Å². The molecule has 0 amide bonds. The molecule has 0 fully saturated rings. The summed E-state index contributed by atoms with van der Waals surface area (Å²) in [6.45, 7) is 0.0433. The fourth-order valence-corrected chi connectivity index (χ4v) is 1.59. The molecule has 17 heavy (non-hydrogen) atoms. The first-order valence-corrected chi connectivity index (χ1v) is 5.26. The minimum absolute atomic E-state index is 0.0433. The molecule has 1 aromatic rings. The Hall–Kier alpha value is -1.33. The fraction of sp³-hybridized carbons (Fsp3) is 0.400. The first kappa shape index (κ1) is 13.7. The standard InChI is InChI=1S/C10H11ClFN3O2/c11-9-6(2-1-3-7(9)12)10(17)8(16)4-5-14-15-13/h1-3,8,10,16-17H,4-5H2. The number of hydrogen-bond acceptors (Lipinski definition) is 3. The van der Waals surface area contributed by atoms with Crippen LogP contribution in [-0.4, -0.2) is 22.9 Å². The van der Waals surface area contributed by atoms with Crippen LogP contribution in [0.3, 0.4) is 0 Å². The van der Waals surface area contributed by atoms with E-state index in [2.05, 4.69) is 10.0 Å². The van der Waals surface area contributed by atoms with Crippen molar-refractivity contribution in [3.05, 3.63) is 45.0 Å². The van der Waals surface area contributed by atoms with Crippen molar-refractivity contribution in [3.8, 4) is 0 Å². The average Bonchev–Trinajstić information content (AvgIpc) is 2.32. The Balaban J connectivity index is 2.77. The summed E-state index contributed by atoms with van der Waals surface area (Å²) in [5.41, 5.74) is 8.17. The highest BCUT2D eigenvalue weighted by Crippen LogP contribution is 2.28. The van der Waals surface area contributed by atoms with Crippen LogP contribution < -0.4 is 0 Å². The molecule has 0 aliphatic rings. The molecular weight excluding hydrogens is 249 g/mol. The predicted octanol–water partition coefficient (Wildman–Crippen LogP) is 2.57. The molecule has 0 aromatic heterocycles. The van der Waals surface area contributed by atoms with Crippen molar-refractivity contribution in [3.63, 3.8) is 0 Å². The molecule has 2 N–H and O–H groups in total. The van der Waals surface area contributed by atoms with Crippen molar-refractivity contribution in [2.24, 2.45) is 5.11 Å². The molecule has 0 aliphatic heterocycles. The molecule has 5 nitrogen and oxygen atoms in total. The van der Waals surface area contributed by atoms with Gasteiger partial charge in [-0.25, -0.2) is 4.39 Å². The van der Waals surface area contributed by atoms with Gasteiger partial charge < -0.3 is 10.2 Å². The molecule has 0 saturated carbocycles. The largest absolute Gasteiger partial charge is 0.390 e. The van der Waals surface area contributed by atoms with E-state index in [-0.39, 0.29) is 23.6 Å². The van der Waals surface area contributed by atoms with Crippen LogP contribution in [0.1, 0.15) is 18.1 Å². The Kier molecular flexibility index (Phi) is 5.18. The highest BCUT2D eigenvalue weighted by atomic mass is 35.5. The van der Waals surface area contributed by atoms with Crippen LogP contribution >= 0.6 is 11.6 Å². The zero-order chi connectivity index (χ0) is 12.8. The van der Waals surface area contributed by atoms with Gasteiger partial charge in [0.25, 0.3) is 0 Å². The highest BCUT2D eigenvalue weighted by molar-refractivity contribution is 6.31. The molecule has 2 unspecified atom stereocenters. The van der Waals surface area contributed by atoms with E-state index >= 15 is 0 Å². The van der Waals surface area contributed by atoms with Crippen LogP contribution in [-0.2, 0) is 0 Å². The lowest BCUT2D eigenvalue weighted by molar-refractivity contribution is 0.0149. The molecule has 0 spiro atoms. The number of nitrogens with zero attached hydrogens (tertiary/aromatic N) is 3. The van der Waals surface area contributed by atoms with Crippen molar-refractivity contribution in [2.75, 3.05) is 6.54 Å². The number of halogens is 2. The zero-order valence-corrected chi connectivity index (χ0v) is 9.55. The normalized spacial score (nSPS) is 13.9. The second kappa shape index (κ2) is 6.42. The molecule has 0 bridgehead atoms. The van der Waals surface area contributed by atoms with Gasteiger partial charge in [-0.15, -0.1) is 0 Å². The van der Waals surface area contributed by atoms with Crippen LogP contribution in [0.4, 0.5) is 4.39 Å². The van der Waals surface area contributed by atoms with Crippen LogP contribution in [0.25, 0.3) is 10.4 Å². The third-order valence-electron chi connectivity index (χ3n) is 2.25. The summed E-state index contributed by atoms with van der Waals surface area (Å²) in [6, 6.07) is 3.97. The van der Waals surface area contributed by atoms with Crippen molar-refractivity contribution in [1.82, 2.24) is 0 Å². The Morgan fingerprint density at radius 1 is 1.47 bits per heavy atom. The second-order valence-electron chi connectivity index (χ2n) is 3.40. The summed E-state index contributed by atoms with van der Waals surface area (Å²) in [5.74, 6) is -0.662. The number of aliphatic hydroxyl groups excluding tert-OH is 2. The summed E-state index contributed by atoms with van der Waals surface area (Å²) < 4.78 is 13.1. The predicted molar refractivity (Wildman–Crippen MR) is 61.0 cm³/mol. The summed E-state index contributed by atoms with van der Waals surface area (Å²) in [7, 11) is 0. The van der Waals surface area contributed by atoms with Gasteiger partial charge in [-0.2, -0.15) is 0 Å². The summed E-state index contributed by atoms with van der Waals surface area (Å²) >= 11 is 5.67. The molecule has 1 aromatic carbocycles. The van der Waals surface area contributed by atoms with Crippen molar-refractivity contribution in [2.45, 2.75) is 18.6 Å². The third-order valence-corrected chi connectivity index (χ3v) is 2.65. The third kappa shape index (κ3) is 3.57. The maximum Gasteiger partial charge on any atom is 0.142 e. The van der Waals surface area contributed by atoms with Crippen molar-refractivity contribution >= 4 is 11.6 Å². The Morgan fingerprint density at radius 2 is 2.18 bits per heavy atom. The lowest BCUT2D eigenvalue weighted by Crippen LogP contribution is -2.19. The van der Waals surface area contributed by atoms with Gasteiger partial charge in [0.05, 0.1) is 11.1 Å². The van der Waals surface area contributed by atoms with Crippen LogP contribution in [0.2, 0.25) is 5.02 Å². The van der Waals surface area contributed by atoms with Gasteiger partial charge in [-0.1, -0.05) is 28.8 Å². The molecule has 2 atom stereocenters. The quantitative estimate of drug-likeness (QED) is 0.483. The molecular formula is C10H11ClFN3O2. The molecule has 0 saturated heterocycles. The van der Waals surface area contributed by atoms with Crippen molar-refractivity contribution < 1.29 is 14.6 Å². The lowest BCUT2D eigenvalue weighted by Gasteiger charge is -2.18. The Bertz CT molecular complexity index is 438. The van der Waals surface area contributed by atoms with Gasteiger partial charge in [-0.3, -0.25) is 0 Å². The van der Waals surface area contributed by atoms with Gasteiger partial charge in [0.2, 0.25) is 0 Å². The molecule has 92 valence electrons. The van der Waals surface area contributed by atoms with E-state index in [1.807, 2.05) is 0 Å². The topological polar surface area (TPSA) is 89.2 Å². The minimum Gasteiger partial charge on any atom is -0.390 e. The van der Waals surface area contributed by atoms with E-state index in [1.54, 1.807) is 0 Å². The first-order valence-electron chi connectivity index (χ1n) is 4.88. The fourth-order valence-electron chi connectivity index (χ4n) is 1.35. The minimum atomic E-state index is -1.31. The summed E-state index contributed by atoms with van der Waals surface area (Å²) in [4.78, 5) is 2.52.